The first-order valence-electron chi connectivity index (χ1n) is 8.11. The fourth-order valence-electron chi connectivity index (χ4n) is 2.77. The lowest BCUT2D eigenvalue weighted by atomic mass is 10.0. The molecule has 0 spiro atoms. The van der Waals surface area contributed by atoms with E-state index >= 15 is 0 Å². The summed E-state index contributed by atoms with van der Waals surface area (Å²) < 4.78 is 20.1. The Labute approximate surface area is 150 Å². The number of halogens is 1. The number of anilines is 1. The second-order valence-electron chi connectivity index (χ2n) is 6.19. The highest BCUT2D eigenvalue weighted by Gasteiger charge is 2.20. The van der Waals surface area contributed by atoms with Crippen LogP contribution in [-0.4, -0.2) is 13.0 Å². The van der Waals surface area contributed by atoms with Crippen molar-refractivity contribution in [3.63, 3.8) is 0 Å². The zero-order valence-corrected chi connectivity index (χ0v) is 15.2. The summed E-state index contributed by atoms with van der Waals surface area (Å²) in [5.74, 6) is -0.144. The third-order valence-electron chi connectivity index (χ3n) is 4.09. The van der Waals surface area contributed by atoms with E-state index in [0.29, 0.717) is 21.7 Å². The standard InChI is InChI=1S/C20H20FNO2S/c1-12(2)13-7-9-14(10-8-13)22-20(23)19-15(11-24-3)18-16(21)5-4-6-17(18)25-19/h4-10,12H,11H2,1-3H3,(H,22,23). The van der Waals surface area contributed by atoms with Gasteiger partial charge < -0.3 is 10.1 Å². The van der Waals surface area contributed by atoms with Gasteiger partial charge in [-0.25, -0.2) is 4.39 Å². The first-order valence-corrected chi connectivity index (χ1v) is 8.93. The van der Waals surface area contributed by atoms with Crippen LogP contribution in [0.25, 0.3) is 10.1 Å². The van der Waals surface area contributed by atoms with Gasteiger partial charge in [-0.3, -0.25) is 4.79 Å². The van der Waals surface area contributed by atoms with Crippen molar-refractivity contribution < 1.29 is 13.9 Å². The van der Waals surface area contributed by atoms with E-state index in [2.05, 4.69) is 19.2 Å². The average molecular weight is 357 g/mol. The van der Waals surface area contributed by atoms with Crippen molar-refractivity contribution in [2.24, 2.45) is 0 Å². The highest BCUT2D eigenvalue weighted by molar-refractivity contribution is 7.21. The maximum Gasteiger partial charge on any atom is 0.266 e. The van der Waals surface area contributed by atoms with Crippen LogP contribution in [0.1, 0.15) is 40.6 Å². The molecular weight excluding hydrogens is 337 g/mol. The van der Waals surface area contributed by atoms with Crippen LogP contribution in [-0.2, 0) is 11.3 Å². The van der Waals surface area contributed by atoms with Gasteiger partial charge in [0.1, 0.15) is 5.82 Å². The van der Waals surface area contributed by atoms with Crippen LogP contribution in [0.15, 0.2) is 42.5 Å². The molecule has 25 heavy (non-hydrogen) atoms. The summed E-state index contributed by atoms with van der Waals surface area (Å²) in [5, 5.41) is 3.36. The van der Waals surface area contributed by atoms with Crippen LogP contribution in [0.5, 0.6) is 0 Å². The van der Waals surface area contributed by atoms with Crippen molar-refractivity contribution >= 4 is 33.0 Å². The van der Waals surface area contributed by atoms with Crippen molar-refractivity contribution in [1.29, 1.82) is 0 Å². The molecule has 3 rings (SSSR count). The summed E-state index contributed by atoms with van der Waals surface area (Å²) in [7, 11) is 1.54. The summed E-state index contributed by atoms with van der Waals surface area (Å²) in [6.07, 6.45) is 0. The van der Waals surface area contributed by atoms with Gasteiger partial charge in [-0.15, -0.1) is 11.3 Å². The van der Waals surface area contributed by atoms with Crippen LogP contribution in [0.2, 0.25) is 0 Å². The molecular formula is C20H20FNO2S. The van der Waals surface area contributed by atoms with E-state index in [-0.39, 0.29) is 18.3 Å². The number of fused-ring (bicyclic) bond motifs is 1. The van der Waals surface area contributed by atoms with Crippen molar-refractivity contribution in [3.05, 3.63) is 64.3 Å². The van der Waals surface area contributed by atoms with Gasteiger partial charge in [0.15, 0.2) is 0 Å². The molecule has 3 nitrogen and oxygen atoms in total. The van der Waals surface area contributed by atoms with Crippen molar-refractivity contribution in [2.45, 2.75) is 26.4 Å². The predicted molar refractivity (Wildman–Crippen MR) is 101 cm³/mol. The number of methoxy groups -OCH3 is 1. The predicted octanol–water partition coefficient (Wildman–Crippen LogP) is 5.56. The molecule has 0 saturated heterocycles. The van der Waals surface area contributed by atoms with Gasteiger partial charge in [0.25, 0.3) is 5.91 Å². The van der Waals surface area contributed by atoms with Crippen LogP contribution in [0.4, 0.5) is 10.1 Å². The topological polar surface area (TPSA) is 38.3 Å². The number of nitrogens with one attached hydrogen (secondary N) is 1. The minimum atomic E-state index is -0.332. The van der Waals surface area contributed by atoms with Gasteiger partial charge in [0.05, 0.1) is 11.5 Å². The average Bonchev–Trinajstić information content (AvgIpc) is 2.96. The summed E-state index contributed by atoms with van der Waals surface area (Å²) in [6, 6.07) is 12.6. The van der Waals surface area contributed by atoms with Gasteiger partial charge in [-0.05, 0) is 35.7 Å². The summed E-state index contributed by atoms with van der Waals surface area (Å²) in [4.78, 5) is 13.2. The third kappa shape index (κ3) is 3.57. The lowest BCUT2D eigenvalue weighted by molar-refractivity contribution is 0.102. The van der Waals surface area contributed by atoms with Crippen molar-refractivity contribution in [1.82, 2.24) is 0 Å². The van der Waals surface area contributed by atoms with E-state index in [0.717, 1.165) is 10.4 Å². The Bertz CT molecular complexity index is 900. The Morgan fingerprint density at radius 1 is 1.20 bits per heavy atom. The van der Waals surface area contributed by atoms with Crippen molar-refractivity contribution in [2.75, 3.05) is 12.4 Å². The Morgan fingerprint density at radius 2 is 1.92 bits per heavy atom. The fourth-order valence-corrected chi connectivity index (χ4v) is 3.89. The third-order valence-corrected chi connectivity index (χ3v) is 5.29. The SMILES string of the molecule is COCc1c(C(=O)Nc2ccc(C(C)C)cc2)sc2cccc(F)c12. The van der Waals surface area contributed by atoms with Crippen LogP contribution < -0.4 is 5.32 Å². The van der Waals surface area contributed by atoms with Gasteiger partial charge in [-0.1, -0.05) is 32.0 Å². The van der Waals surface area contributed by atoms with E-state index in [1.165, 1.54) is 30.1 Å². The Balaban J connectivity index is 1.93. The molecule has 130 valence electrons. The molecule has 0 atom stereocenters. The molecule has 1 amide bonds. The van der Waals surface area contributed by atoms with E-state index in [1.807, 2.05) is 30.3 Å². The second-order valence-corrected chi connectivity index (χ2v) is 7.24. The first-order chi connectivity index (χ1) is 12.0. The van der Waals surface area contributed by atoms with E-state index in [1.54, 1.807) is 6.07 Å². The largest absolute Gasteiger partial charge is 0.380 e. The molecule has 0 aliphatic carbocycles. The normalized spacial score (nSPS) is 11.2. The number of hydrogen-bond acceptors (Lipinski definition) is 3. The molecule has 5 heteroatoms. The number of ether oxygens (including phenoxy) is 1. The van der Waals surface area contributed by atoms with Crippen LogP contribution in [0, 0.1) is 5.82 Å². The molecule has 1 aromatic heterocycles. The molecule has 0 aliphatic rings. The summed E-state index contributed by atoms with van der Waals surface area (Å²) in [5.41, 5.74) is 2.52. The smallest absolute Gasteiger partial charge is 0.266 e. The summed E-state index contributed by atoms with van der Waals surface area (Å²) >= 11 is 1.28. The highest BCUT2D eigenvalue weighted by Crippen LogP contribution is 2.34. The highest BCUT2D eigenvalue weighted by atomic mass is 32.1. The molecule has 3 aromatic rings. The summed E-state index contributed by atoms with van der Waals surface area (Å²) in [6.45, 7) is 4.43. The Hall–Kier alpha value is -2.24. The number of thiophene rings is 1. The quantitative estimate of drug-likeness (QED) is 0.649. The molecule has 0 bridgehead atoms. The van der Waals surface area contributed by atoms with E-state index < -0.39 is 0 Å². The molecule has 0 aliphatic heterocycles. The zero-order valence-electron chi connectivity index (χ0n) is 14.4. The zero-order chi connectivity index (χ0) is 18.0. The minimum Gasteiger partial charge on any atom is -0.380 e. The maximum absolute atomic E-state index is 14.2. The van der Waals surface area contributed by atoms with Gasteiger partial charge >= 0.3 is 0 Å². The van der Waals surface area contributed by atoms with E-state index in [4.69, 9.17) is 4.74 Å². The van der Waals surface area contributed by atoms with Crippen molar-refractivity contribution in [3.8, 4) is 0 Å². The number of benzene rings is 2. The Morgan fingerprint density at radius 3 is 2.56 bits per heavy atom. The molecule has 0 unspecified atom stereocenters. The molecule has 0 saturated carbocycles. The minimum absolute atomic E-state index is 0.190. The van der Waals surface area contributed by atoms with E-state index in [9.17, 15) is 9.18 Å². The Kier molecular flexibility index (Phi) is 5.16. The molecule has 0 fully saturated rings. The maximum atomic E-state index is 14.2. The lowest BCUT2D eigenvalue weighted by Crippen LogP contribution is -2.12. The van der Waals surface area contributed by atoms with Crippen LogP contribution >= 0.6 is 11.3 Å². The van der Waals surface area contributed by atoms with Gasteiger partial charge in [0, 0.05) is 28.4 Å². The molecule has 2 aromatic carbocycles. The first kappa shape index (κ1) is 17.6. The number of rotatable bonds is 5. The second kappa shape index (κ2) is 7.33. The number of carbonyl (C=O) groups excluding carboxylic acids is 1. The molecule has 0 radical (unpaired) electrons. The number of carbonyl (C=O) groups is 1. The van der Waals surface area contributed by atoms with Crippen LogP contribution in [0.3, 0.4) is 0 Å². The lowest BCUT2D eigenvalue weighted by Gasteiger charge is -2.09. The fraction of sp³-hybridized carbons (Fsp3) is 0.250. The monoisotopic (exact) mass is 357 g/mol. The number of hydrogen-bond donors (Lipinski definition) is 1. The van der Waals surface area contributed by atoms with Gasteiger partial charge in [-0.2, -0.15) is 0 Å². The number of amides is 1. The molecule has 1 N–H and O–H groups in total. The van der Waals surface area contributed by atoms with Gasteiger partial charge in [0.2, 0.25) is 0 Å². The molecule has 1 heterocycles.